The number of para-hydroxylation sites is 2. The molecule has 0 fully saturated rings. The Hall–Kier alpha value is -3.22. The minimum atomic E-state index is -0.329. The van der Waals surface area contributed by atoms with Crippen LogP contribution in [0.1, 0.15) is 43.5 Å². The summed E-state index contributed by atoms with van der Waals surface area (Å²) in [5.74, 6) is 1.28. The number of carbonyl (C=O) groups excluding carboxylic acids is 2. The van der Waals surface area contributed by atoms with Crippen molar-refractivity contribution in [1.82, 2.24) is 4.90 Å². The SMILES string of the molecule is CCCCC(=O)Oc1c(OCC)cccc1OCCN1COc2ccccc2C1=O. The Kier molecular flexibility index (Phi) is 7.54. The maximum Gasteiger partial charge on any atom is 0.311 e. The minimum Gasteiger partial charge on any atom is -0.490 e. The van der Waals surface area contributed by atoms with E-state index in [1.807, 2.05) is 19.9 Å². The predicted molar refractivity (Wildman–Crippen MR) is 111 cm³/mol. The van der Waals surface area contributed by atoms with Gasteiger partial charge in [0.15, 0.2) is 18.2 Å². The third-order valence-corrected chi connectivity index (χ3v) is 4.59. The molecule has 1 aliphatic heterocycles. The average molecular weight is 413 g/mol. The average Bonchev–Trinajstić information content (AvgIpc) is 2.76. The molecular weight excluding hydrogens is 386 g/mol. The van der Waals surface area contributed by atoms with Crippen molar-refractivity contribution in [3.05, 3.63) is 48.0 Å². The number of esters is 1. The van der Waals surface area contributed by atoms with E-state index in [4.69, 9.17) is 18.9 Å². The standard InChI is InChI=1S/C23H27NO6/c1-3-5-13-21(25)30-22-19(27-4-2)11-8-12-20(22)28-15-14-24-16-29-18-10-7-6-9-17(18)23(24)26/h6-12H,3-5,13-16H2,1-2H3. The van der Waals surface area contributed by atoms with Crippen LogP contribution in [0.3, 0.4) is 0 Å². The zero-order valence-electron chi connectivity index (χ0n) is 17.4. The van der Waals surface area contributed by atoms with Gasteiger partial charge in [0, 0.05) is 6.42 Å². The van der Waals surface area contributed by atoms with Crippen molar-refractivity contribution in [1.29, 1.82) is 0 Å². The number of hydrogen-bond donors (Lipinski definition) is 0. The molecule has 3 rings (SSSR count). The van der Waals surface area contributed by atoms with Crippen molar-refractivity contribution in [2.24, 2.45) is 0 Å². The molecule has 0 radical (unpaired) electrons. The van der Waals surface area contributed by atoms with Crippen LogP contribution in [0.4, 0.5) is 0 Å². The van der Waals surface area contributed by atoms with Crippen LogP contribution in [-0.4, -0.2) is 43.3 Å². The number of fused-ring (bicyclic) bond motifs is 1. The van der Waals surface area contributed by atoms with Gasteiger partial charge in [0.25, 0.3) is 5.91 Å². The maximum absolute atomic E-state index is 12.6. The lowest BCUT2D eigenvalue weighted by Crippen LogP contribution is -2.40. The summed E-state index contributed by atoms with van der Waals surface area (Å²) >= 11 is 0. The van der Waals surface area contributed by atoms with Gasteiger partial charge < -0.3 is 23.8 Å². The molecule has 160 valence electrons. The van der Waals surface area contributed by atoms with Crippen LogP contribution < -0.4 is 18.9 Å². The first-order valence-electron chi connectivity index (χ1n) is 10.2. The second kappa shape index (κ2) is 10.5. The molecule has 0 bridgehead atoms. The van der Waals surface area contributed by atoms with Crippen molar-refractivity contribution >= 4 is 11.9 Å². The Morgan fingerprint density at radius 3 is 2.60 bits per heavy atom. The second-order valence-electron chi connectivity index (χ2n) is 6.78. The number of amides is 1. The highest BCUT2D eigenvalue weighted by Gasteiger charge is 2.25. The van der Waals surface area contributed by atoms with Gasteiger partial charge in [-0.1, -0.05) is 31.5 Å². The van der Waals surface area contributed by atoms with E-state index in [2.05, 4.69) is 0 Å². The summed E-state index contributed by atoms with van der Waals surface area (Å²) in [7, 11) is 0. The number of nitrogens with zero attached hydrogens (tertiary/aromatic N) is 1. The molecule has 7 nitrogen and oxygen atoms in total. The van der Waals surface area contributed by atoms with Crippen molar-refractivity contribution < 1.29 is 28.5 Å². The van der Waals surface area contributed by atoms with E-state index in [0.29, 0.717) is 42.4 Å². The molecule has 0 saturated carbocycles. The van der Waals surface area contributed by atoms with Gasteiger partial charge in [0.05, 0.1) is 18.7 Å². The Balaban J connectivity index is 1.65. The van der Waals surface area contributed by atoms with E-state index in [1.165, 1.54) is 0 Å². The van der Waals surface area contributed by atoms with E-state index in [9.17, 15) is 9.59 Å². The zero-order valence-corrected chi connectivity index (χ0v) is 17.4. The molecule has 0 N–H and O–H groups in total. The zero-order chi connectivity index (χ0) is 21.3. The van der Waals surface area contributed by atoms with Gasteiger partial charge in [-0.05, 0) is 37.6 Å². The summed E-state index contributed by atoms with van der Waals surface area (Å²) in [6.07, 6.45) is 1.99. The van der Waals surface area contributed by atoms with Crippen LogP contribution in [0.5, 0.6) is 23.0 Å². The summed E-state index contributed by atoms with van der Waals surface area (Å²) in [6, 6.07) is 12.4. The normalized spacial score (nSPS) is 12.7. The van der Waals surface area contributed by atoms with Crippen LogP contribution in [0.15, 0.2) is 42.5 Å². The number of rotatable bonds is 10. The smallest absolute Gasteiger partial charge is 0.311 e. The molecule has 1 heterocycles. The molecule has 7 heteroatoms. The van der Waals surface area contributed by atoms with Gasteiger partial charge in [-0.25, -0.2) is 0 Å². The summed E-state index contributed by atoms with van der Waals surface area (Å²) in [4.78, 5) is 26.3. The van der Waals surface area contributed by atoms with Gasteiger partial charge >= 0.3 is 5.97 Å². The Morgan fingerprint density at radius 2 is 1.83 bits per heavy atom. The van der Waals surface area contributed by atoms with Crippen molar-refractivity contribution in [2.45, 2.75) is 33.1 Å². The van der Waals surface area contributed by atoms with Crippen LogP contribution >= 0.6 is 0 Å². The lowest BCUT2D eigenvalue weighted by atomic mass is 10.1. The minimum absolute atomic E-state index is 0.102. The largest absolute Gasteiger partial charge is 0.490 e. The molecule has 2 aromatic rings. The predicted octanol–water partition coefficient (Wildman–Crippen LogP) is 4.05. The van der Waals surface area contributed by atoms with E-state index in [-0.39, 0.29) is 31.0 Å². The number of unbranched alkanes of at least 4 members (excludes halogenated alkanes) is 1. The van der Waals surface area contributed by atoms with E-state index < -0.39 is 0 Å². The Bertz CT molecular complexity index is 882. The molecule has 0 aromatic heterocycles. The number of carbonyl (C=O) groups is 2. The molecule has 2 aromatic carbocycles. The third-order valence-electron chi connectivity index (χ3n) is 4.59. The van der Waals surface area contributed by atoms with Gasteiger partial charge in [-0.2, -0.15) is 0 Å². The first kappa shape index (κ1) is 21.5. The van der Waals surface area contributed by atoms with Crippen molar-refractivity contribution in [3.63, 3.8) is 0 Å². The number of benzene rings is 2. The van der Waals surface area contributed by atoms with Gasteiger partial charge in [0.2, 0.25) is 5.75 Å². The first-order valence-corrected chi connectivity index (χ1v) is 10.2. The van der Waals surface area contributed by atoms with Crippen LogP contribution in [-0.2, 0) is 4.79 Å². The summed E-state index contributed by atoms with van der Waals surface area (Å²) in [5, 5.41) is 0. The molecule has 1 aliphatic rings. The fourth-order valence-electron chi connectivity index (χ4n) is 3.04. The molecular formula is C23H27NO6. The molecule has 0 saturated heterocycles. The van der Waals surface area contributed by atoms with Crippen LogP contribution in [0, 0.1) is 0 Å². The second-order valence-corrected chi connectivity index (χ2v) is 6.78. The molecule has 1 amide bonds. The van der Waals surface area contributed by atoms with E-state index in [0.717, 1.165) is 12.8 Å². The monoisotopic (exact) mass is 413 g/mol. The van der Waals surface area contributed by atoms with Gasteiger partial charge in [-0.3, -0.25) is 9.59 Å². The quantitative estimate of drug-likeness (QED) is 0.432. The van der Waals surface area contributed by atoms with Gasteiger partial charge in [-0.15, -0.1) is 0 Å². The number of hydrogen-bond acceptors (Lipinski definition) is 6. The Morgan fingerprint density at radius 1 is 1.07 bits per heavy atom. The number of ether oxygens (including phenoxy) is 4. The van der Waals surface area contributed by atoms with Crippen molar-refractivity contribution in [3.8, 4) is 23.0 Å². The van der Waals surface area contributed by atoms with E-state index in [1.54, 1.807) is 41.3 Å². The molecule has 0 atom stereocenters. The summed E-state index contributed by atoms with van der Waals surface area (Å²) in [6.45, 7) is 5.01. The van der Waals surface area contributed by atoms with Crippen molar-refractivity contribution in [2.75, 3.05) is 26.5 Å². The molecule has 30 heavy (non-hydrogen) atoms. The highest BCUT2D eigenvalue weighted by Crippen LogP contribution is 2.37. The maximum atomic E-state index is 12.6. The Labute approximate surface area is 176 Å². The lowest BCUT2D eigenvalue weighted by molar-refractivity contribution is -0.134. The van der Waals surface area contributed by atoms with Crippen LogP contribution in [0.2, 0.25) is 0 Å². The molecule has 0 unspecified atom stereocenters. The fourth-order valence-corrected chi connectivity index (χ4v) is 3.04. The summed E-state index contributed by atoms with van der Waals surface area (Å²) in [5.41, 5.74) is 0.535. The lowest BCUT2D eigenvalue weighted by Gasteiger charge is -2.28. The fraction of sp³-hybridized carbons (Fsp3) is 0.391. The topological polar surface area (TPSA) is 74.3 Å². The van der Waals surface area contributed by atoms with Gasteiger partial charge in [0.1, 0.15) is 12.4 Å². The summed E-state index contributed by atoms with van der Waals surface area (Å²) < 4.78 is 22.6. The third kappa shape index (κ3) is 5.23. The van der Waals surface area contributed by atoms with Crippen LogP contribution in [0.25, 0.3) is 0 Å². The highest BCUT2D eigenvalue weighted by molar-refractivity contribution is 5.97. The van der Waals surface area contributed by atoms with E-state index >= 15 is 0 Å². The highest BCUT2D eigenvalue weighted by atomic mass is 16.6. The molecule has 0 aliphatic carbocycles. The first-order chi connectivity index (χ1) is 14.6. The molecule has 0 spiro atoms.